The molecule has 1 unspecified atom stereocenters. The molecule has 2 heteroatoms. The standard InChI is InChI=1S/C12H20N2/c1-2-11(10-13)8-9-14-12-6-4-3-5-7-12/h3-7,11,14H,2,8-10,13H2,1H3. The van der Waals surface area contributed by atoms with E-state index < -0.39 is 0 Å². The van der Waals surface area contributed by atoms with Crippen LogP contribution in [0.1, 0.15) is 19.8 Å². The van der Waals surface area contributed by atoms with Crippen molar-refractivity contribution in [2.75, 3.05) is 18.4 Å². The van der Waals surface area contributed by atoms with Gasteiger partial charge < -0.3 is 11.1 Å². The highest BCUT2D eigenvalue weighted by Gasteiger charge is 2.02. The van der Waals surface area contributed by atoms with Gasteiger partial charge in [0.25, 0.3) is 0 Å². The number of rotatable bonds is 6. The normalized spacial score (nSPS) is 12.4. The number of nitrogens with one attached hydrogen (secondary N) is 1. The second-order valence-corrected chi connectivity index (χ2v) is 3.59. The first-order valence-corrected chi connectivity index (χ1v) is 5.35. The van der Waals surface area contributed by atoms with Crippen LogP contribution in [-0.4, -0.2) is 13.1 Å². The van der Waals surface area contributed by atoms with E-state index in [0.717, 1.165) is 19.5 Å². The van der Waals surface area contributed by atoms with Crippen molar-refractivity contribution in [2.24, 2.45) is 11.7 Å². The third-order valence-corrected chi connectivity index (χ3v) is 2.57. The average molecular weight is 192 g/mol. The molecule has 78 valence electrons. The molecule has 0 heterocycles. The molecule has 14 heavy (non-hydrogen) atoms. The Morgan fingerprint density at radius 2 is 2.00 bits per heavy atom. The molecule has 0 saturated carbocycles. The van der Waals surface area contributed by atoms with Gasteiger partial charge in [0.05, 0.1) is 0 Å². The van der Waals surface area contributed by atoms with Crippen LogP contribution in [0.15, 0.2) is 30.3 Å². The van der Waals surface area contributed by atoms with E-state index in [1.165, 1.54) is 12.1 Å². The zero-order valence-corrected chi connectivity index (χ0v) is 8.87. The smallest absolute Gasteiger partial charge is 0.0340 e. The number of hydrogen-bond donors (Lipinski definition) is 2. The molecule has 0 amide bonds. The summed E-state index contributed by atoms with van der Waals surface area (Å²) in [5, 5.41) is 3.39. The summed E-state index contributed by atoms with van der Waals surface area (Å²) in [5.74, 6) is 0.659. The third kappa shape index (κ3) is 3.79. The zero-order chi connectivity index (χ0) is 10.2. The molecule has 1 aromatic rings. The lowest BCUT2D eigenvalue weighted by atomic mass is 10.0. The molecule has 0 aliphatic rings. The molecule has 1 atom stereocenters. The second-order valence-electron chi connectivity index (χ2n) is 3.59. The van der Waals surface area contributed by atoms with Gasteiger partial charge in [-0.15, -0.1) is 0 Å². The maximum atomic E-state index is 5.63. The van der Waals surface area contributed by atoms with Crippen molar-refractivity contribution < 1.29 is 0 Å². The van der Waals surface area contributed by atoms with Crippen molar-refractivity contribution in [3.8, 4) is 0 Å². The van der Waals surface area contributed by atoms with Gasteiger partial charge >= 0.3 is 0 Å². The molecule has 3 N–H and O–H groups in total. The number of nitrogens with two attached hydrogens (primary N) is 1. The van der Waals surface area contributed by atoms with Gasteiger partial charge in [0.1, 0.15) is 0 Å². The van der Waals surface area contributed by atoms with E-state index in [4.69, 9.17) is 5.73 Å². The largest absolute Gasteiger partial charge is 0.385 e. The van der Waals surface area contributed by atoms with Gasteiger partial charge in [0.15, 0.2) is 0 Å². The molecule has 0 spiro atoms. The number of benzene rings is 1. The van der Waals surface area contributed by atoms with Crippen LogP contribution >= 0.6 is 0 Å². The number of para-hydroxylation sites is 1. The molecular weight excluding hydrogens is 172 g/mol. The molecule has 0 aromatic heterocycles. The molecule has 0 radical (unpaired) electrons. The number of hydrogen-bond acceptors (Lipinski definition) is 2. The lowest BCUT2D eigenvalue weighted by Crippen LogP contribution is -2.17. The van der Waals surface area contributed by atoms with E-state index in [1.807, 2.05) is 18.2 Å². The Bertz CT molecular complexity index is 229. The first-order valence-electron chi connectivity index (χ1n) is 5.35. The van der Waals surface area contributed by atoms with Crippen LogP contribution in [0.3, 0.4) is 0 Å². The summed E-state index contributed by atoms with van der Waals surface area (Å²) < 4.78 is 0. The molecule has 0 aliphatic heterocycles. The fraction of sp³-hybridized carbons (Fsp3) is 0.500. The molecular formula is C12H20N2. The van der Waals surface area contributed by atoms with E-state index >= 15 is 0 Å². The van der Waals surface area contributed by atoms with Crippen molar-refractivity contribution in [1.82, 2.24) is 0 Å². The molecule has 1 rings (SSSR count). The van der Waals surface area contributed by atoms with Crippen LogP contribution in [-0.2, 0) is 0 Å². The van der Waals surface area contributed by atoms with Crippen molar-refractivity contribution in [2.45, 2.75) is 19.8 Å². The summed E-state index contributed by atoms with van der Waals surface area (Å²) in [6.07, 6.45) is 2.33. The monoisotopic (exact) mass is 192 g/mol. The van der Waals surface area contributed by atoms with Crippen LogP contribution in [0.4, 0.5) is 5.69 Å². The molecule has 0 bridgehead atoms. The van der Waals surface area contributed by atoms with Crippen molar-refractivity contribution in [3.05, 3.63) is 30.3 Å². The zero-order valence-electron chi connectivity index (χ0n) is 8.87. The predicted octanol–water partition coefficient (Wildman–Crippen LogP) is 2.47. The molecule has 2 nitrogen and oxygen atoms in total. The summed E-state index contributed by atoms with van der Waals surface area (Å²) in [7, 11) is 0. The fourth-order valence-corrected chi connectivity index (χ4v) is 1.47. The molecule has 1 aromatic carbocycles. The second kappa shape index (κ2) is 6.44. The van der Waals surface area contributed by atoms with E-state index in [9.17, 15) is 0 Å². The van der Waals surface area contributed by atoms with Gasteiger partial charge in [-0.05, 0) is 31.0 Å². The van der Waals surface area contributed by atoms with E-state index in [-0.39, 0.29) is 0 Å². The highest BCUT2D eigenvalue weighted by molar-refractivity contribution is 5.42. The van der Waals surface area contributed by atoms with Gasteiger partial charge in [-0.25, -0.2) is 0 Å². The van der Waals surface area contributed by atoms with Crippen LogP contribution in [0.2, 0.25) is 0 Å². The maximum Gasteiger partial charge on any atom is 0.0340 e. The lowest BCUT2D eigenvalue weighted by Gasteiger charge is -2.12. The van der Waals surface area contributed by atoms with Crippen LogP contribution in [0.5, 0.6) is 0 Å². The van der Waals surface area contributed by atoms with Gasteiger partial charge in [-0.2, -0.15) is 0 Å². The maximum absolute atomic E-state index is 5.63. The van der Waals surface area contributed by atoms with E-state index in [0.29, 0.717) is 5.92 Å². The minimum Gasteiger partial charge on any atom is -0.385 e. The molecule has 0 aliphatic carbocycles. The SMILES string of the molecule is CCC(CN)CCNc1ccccc1. The summed E-state index contributed by atoms with van der Waals surface area (Å²) in [6, 6.07) is 10.3. The molecule has 0 fully saturated rings. The van der Waals surface area contributed by atoms with Gasteiger partial charge in [-0.1, -0.05) is 31.5 Å². The lowest BCUT2D eigenvalue weighted by molar-refractivity contribution is 0.495. The Balaban J connectivity index is 2.21. The van der Waals surface area contributed by atoms with E-state index in [1.54, 1.807) is 0 Å². The Morgan fingerprint density at radius 1 is 1.29 bits per heavy atom. The Hall–Kier alpha value is -1.02. The summed E-state index contributed by atoms with van der Waals surface area (Å²) in [6.45, 7) is 4.01. The van der Waals surface area contributed by atoms with Gasteiger partial charge in [-0.3, -0.25) is 0 Å². The number of anilines is 1. The van der Waals surface area contributed by atoms with Crippen molar-refractivity contribution >= 4 is 5.69 Å². The highest BCUT2D eigenvalue weighted by Crippen LogP contribution is 2.08. The van der Waals surface area contributed by atoms with Crippen LogP contribution in [0.25, 0.3) is 0 Å². The van der Waals surface area contributed by atoms with Gasteiger partial charge in [0, 0.05) is 12.2 Å². The summed E-state index contributed by atoms with van der Waals surface area (Å²) >= 11 is 0. The fourth-order valence-electron chi connectivity index (χ4n) is 1.47. The topological polar surface area (TPSA) is 38.0 Å². The quantitative estimate of drug-likeness (QED) is 0.726. The minimum atomic E-state index is 0.659. The van der Waals surface area contributed by atoms with Gasteiger partial charge in [0.2, 0.25) is 0 Å². The minimum absolute atomic E-state index is 0.659. The first-order chi connectivity index (χ1) is 6.86. The third-order valence-electron chi connectivity index (χ3n) is 2.57. The van der Waals surface area contributed by atoms with Crippen molar-refractivity contribution in [1.29, 1.82) is 0 Å². The predicted molar refractivity (Wildman–Crippen MR) is 62.4 cm³/mol. The molecule has 0 saturated heterocycles. The highest BCUT2D eigenvalue weighted by atomic mass is 14.9. The summed E-state index contributed by atoms with van der Waals surface area (Å²) in [4.78, 5) is 0. The Morgan fingerprint density at radius 3 is 2.57 bits per heavy atom. The van der Waals surface area contributed by atoms with Crippen LogP contribution < -0.4 is 11.1 Å². The summed E-state index contributed by atoms with van der Waals surface area (Å²) in [5.41, 5.74) is 6.83. The average Bonchev–Trinajstić information content (AvgIpc) is 2.26. The van der Waals surface area contributed by atoms with Crippen molar-refractivity contribution in [3.63, 3.8) is 0 Å². The first kappa shape index (κ1) is 11.1. The van der Waals surface area contributed by atoms with E-state index in [2.05, 4.69) is 24.4 Å². The van der Waals surface area contributed by atoms with Crippen LogP contribution in [0, 0.1) is 5.92 Å². The Kier molecular flexibility index (Phi) is 5.08. The Labute approximate surface area is 86.5 Å².